The zero-order valence-corrected chi connectivity index (χ0v) is 27.3. The number of methoxy groups -OCH3 is 1. The topological polar surface area (TPSA) is 144 Å². The van der Waals surface area contributed by atoms with Gasteiger partial charge in [0.15, 0.2) is 0 Å². The third-order valence-electron chi connectivity index (χ3n) is 7.23. The normalized spacial score (nSPS) is 16.4. The van der Waals surface area contributed by atoms with Gasteiger partial charge in [-0.3, -0.25) is 9.59 Å². The summed E-state index contributed by atoms with van der Waals surface area (Å²) in [5, 5.41) is 8.73. The van der Waals surface area contributed by atoms with Crippen LogP contribution < -0.4 is 16.0 Å². The summed E-state index contributed by atoms with van der Waals surface area (Å²) in [5.41, 5.74) is -0.171. The van der Waals surface area contributed by atoms with Crippen LogP contribution in [0, 0.1) is 0 Å². The number of carbonyl (C=O) groups is 4. The first kappa shape index (κ1) is 34.5. The molecule has 0 bridgehead atoms. The van der Waals surface area contributed by atoms with Gasteiger partial charge in [-0.1, -0.05) is 42.5 Å². The summed E-state index contributed by atoms with van der Waals surface area (Å²) >= 11 is 5.65. The minimum Gasteiger partial charge on any atom is -0.467 e. The Morgan fingerprint density at radius 2 is 1.73 bits per heavy atom. The average Bonchev–Trinajstić information content (AvgIpc) is 3.60. The van der Waals surface area contributed by atoms with Crippen molar-refractivity contribution in [1.29, 1.82) is 0 Å². The molecule has 0 unspecified atom stereocenters. The number of ether oxygens (including phenoxy) is 2. The van der Waals surface area contributed by atoms with Crippen molar-refractivity contribution in [3.05, 3.63) is 54.1 Å². The van der Waals surface area contributed by atoms with E-state index >= 15 is 0 Å². The van der Waals surface area contributed by atoms with Gasteiger partial charge >= 0.3 is 12.1 Å². The lowest BCUT2D eigenvalue weighted by Crippen LogP contribution is -2.61. The molecular weight excluding hydrogens is 584 g/mol. The highest BCUT2D eigenvalue weighted by atomic mass is 32.1. The van der Waals surface area contributed by atoms with Gasteiger partial charge in [-0.25, -0.2) is 14.6 Å². The van der Waals surface area contributed by atoms with Gasteiger partial charge in [0.2, 0.25) is 11.8 Å². The Morgan fingerprint density at radius 3 is 2.32 bits per heavy atom. The van der Waals surface area contributed by atoms with E-state index in [4.69, 9.17) is 21.7 Å². The van der Waals surface area contributed by atoms with Gasteiger partial charge in [-0.2, -0.15) is 0 Å². The molecule has 3 atom stereocenters. The number of amides is 3. The van der Waals surface area contributed by atoms with E-state index in [-0.39, 0.29) is 17.3 Å². The van der Waals surface area contributed by atoms with E-state index in [1.54, 1.807) is 58.8 Å². The minimum absolute atomic E-state index is 0.162. The van der Waals surface area contributed by atoms with E-state index in [0.717, 1.165) is 11.3 Å². The van der Waals surface area contributed by atoms with E-state index in [9.17, 15) is 19.2 Å². The second-order valence-electron chi connectivity index (χ2n) is 12.4. The fourth-order valence-corrected chi connectivity index (χ4v) is 5.11. The summed E-state index contributed by atoms with van der Waals surface area (Å²) in [7, 11) is 3.11. The third-order valence-corrected chi connectivity index (χ3v) is 7.86. The number of hydrogen-bond acceptors (Lipinski definition) is 8. The monoisotopic (exact) mass is 628 g/mol. The number of imidazole rings is 1. The van der Waals surface area contributed by atoms with Gasteiger partial charge in [0.05, 0.1) is 19.0 Å². The summed E-state index contributed by atoms with van der Waals surface area (Å²) in [6.45, 7) is 9.02. The van der Waals surface area contributed by atoms with E-state index < -0.39 is 47.2 Å². The van der Waals surface area contributed by atoms with Crippen LogP contribution in [0.25, 0.3) is 0 Å². The van der Waals surface area contributed by atoms with Crippen LogP contribution in [0.15, 0.2) is 42.9 Å². The Hall–Kier alpha value is -4.00. The number of aromatic nitrogens is 2. The molecule has 2 aromatic rings. The molecule has 12 nitrogen and oxygen atoms in total. The lowest BCUT2D eigenvalue weighted by atomic mass is 10.0. The first-order chi connectivity index (χ1) is 20.6. The lowest BCUT2D eigenvalue weighted by Gasteiger charge is -2.34. The summed E-state index contributed by atoms with van der Waals surface area (Å²) in [6.07, 6.45) is 4.06. The van der Waals surface area contributed by atoms with E-state index in [1.165, 1.54) is 12.0 Å². The number of esters is 1. The Balaban J connectivity index is 1.73. The highest BCUT2D eigenvalue weighted by Gasteiger charge is 2.41. The molecule has 44 heavy (non-hydrogen) atoms. The maximum absolute atomic E-state index is 13.9. The van der Waals surface area contributed by atoms with Crippen molar-refractivity contribution in [2.45, 2.75) is 89.6 Å². The number of aryl methyl sites for hydroxylation is 1. The summed E-state index contributed by atoms with van der Waals surface area (Å²) in [5.74, 6) is -1.27. The fraction of sp³-hybridized carbons (Fsp3) is 0.548. The van der Waals surface area contributed by atoms with Crippen LogP contribution in [-0.4, -0.2) is 86.2 Å². The van der Waals surface area contributed by atoms with Gasteiger partial charge in [0, 0.05) is 38.3 Å². The quantitative estimate of drug-likeness (QED) is 0.253. The van der Waals surface area contributed by atoms with Gasteiger partial charge < -0.3 is 34.9 Å². The standard InChI is InChI=1S/C31H44N6O6S/c1-30(2,3)43-29(41)34-22(17-21-18-32-19-36(21)6)26(39)37-15-11-14-24(37)25(38)35-31(4,5)28(44)33-23(27(40)42-7)16-20-12-9-8-10-13-20/h8-10,12-13,18-19,22-24H,11,14-17H2,1-7H3,(H,33,44)(H,34,41)(H,35,38)/t22-,23-,24+/m0/s1. The lowest BCUT2D eigenvalue weighted by molar-refractivity contribution is -0.142. The number of thiocarbonyl (C=S) groups is 1. The number of carbonyl (C=O) groups excluding carboxylic acids is 4. The maximum atomic E-state index is 13.9. The smallest absolute Gasteiger partial charge is 0.408 e. The molecule has 0 aliphatic carbocycles. The SMILES string of the molecule is COC(=O)[C@H](Cc1ccccc1)NC(=S)C(C)(C)NC(=O)[C@H]1CCCN1C(=O)[C@H](Cc1cncn1C)NC(=O)OC(C)(C)C. The summed E-state index contributed by atoms with van der Waals surface area (Å²) in [6, 6.07) is 6.93. The summed E-state index contributed by atoms with van der Waals surface area (Å²) in [4.78, 5) is 58.6. The van der Waals surface area contributed by atoms with E-state index in [2.05, 4.69) is 20.9 Å². The van der Waals surface area contributed by atoms with E-state index in [0.29, 0.717) is 25.8 Å². The number of hydrogen-bond donors (Lipinski definition) is 3. The molecule has 0 saturated carbocycles. The fourth-order valence-electron chi connectivity index (χ4n) is 4.92. The Bertz CT molecular complexity index is 1340. The van der Waals surface area contributed by atoms with Gasteiger partial charge in [-0.05, 0) is 53.0 Å². The zero-order valence-electron chi connectivity index (χ0n) is 26.5. The zero-order chi connectivity index (χ0) is 32.7. The molecule has 13 heteroatoms. The van der Waals surface area contributed by atoms with Crippen LogP contribution in [0.2, 0.25) is 0 Å². The number of likely N-dealkylation sites (tertiary alicyclic amines) is 1. The highest BCUT2D eigenvalue weighted by molar-refractivity contribution is 7.80. The molecular formula is C31H44N6O6S. The molecule has 3 rings (SSSR count). The molecule has 2 heterocycles. The average molecular weight is 629 g/mol. The predicted octanol–water partition coefficient (Wildman–Crippen LogP) is 2.44. The molecule has 3 amide bonds. The van der Waals surface area contributed by atoms with Crippen LogP contribution in [0.3, 0.4) is 0 Å². The Labute approximate surface area is 264 Å². The third kappa shape index (κ3) is 9.50. The molecule has 1 aromatic heterocycles. The molecule has 1 saturated heterocycles. The van der Waals surface area contributed by atoms with Crippen LogP contribution in [0.5, 0.6) is 0 Å². The molecule has 0 spiro atoms. The van der Waals surface area contributed by atoms with Crippen molar-refractivity contribution in [1.82, 2.24) is 30.4 Å². The Morgan fingerprint density at radius 1 is 1.05 bits per heavy atom. The van der Waals surface area contributed by atoms with Gasteiger partial charge in [0.1, 0.15) is 28.7 Å². The van der Waals surface area contributed by atoms with Gasteiger partial charge in [-0.15, -0.1) is 0 Å². The number of nitrogens with zero attached hydrogens (tertiary/aromatic N) is 3. The van der Waals surface area contributed by atoms with Crippen molar-refractivity contribution in [3.8, 4) is 0 Å². The van der Waals surface area contributed by atoms with E-state index in [1.807, 2.05) is 30.3 Å². The van der Waals surface area contributed by atoms with Crippen LogP contribution in [0.4, 0.5) is 4.79 Å². The van der Waals surface area contributed by atoms with Crippen molar-refractivity contribution >= 4 is 41.1 Å². The Kier molecular flexibility index (Phi) is 11.5. The molecule has 1 aliphatic rings. The second kappa shape index (κ2) is 14.7. The maximum Gasteiger partial charge on any atom is 0.408 e. The minimum atomic E-state index is -1.06. The predicted molar refractivity (Wildman–Crippen MR) is 169 cm³/mol. The number of nitrogens with one attached hydrogen (secondary N) is 3. The second-order valence-corrected chi connectivity index (χ2v) is 12.8. The molecule has 1 aromatic carbocycles. The van der Waals surface area contributed by atoms with Crippen molar-refractivity contribution in [2.75, 3.05) is 13.7 Å². The van der Waals surface area contributed by atoms with Crippen LogP contribution in [0.1, 0.15) is 58.7 Å². The summed E-state index contributed by atoms with van der Waals surface area (Å²) < 4.78 is 12.2. The molecule has 1 aliphatic heterocycles. The molecule has 0 radical (unpaired) electrons. The molecule has 1 fully saturated rings. The first-order valence-corrected chi connectivity index (χ1v) is 15.0. The number of rotatable bonds is 11. The van der Waals surface area contributed by atoms with Crippen molar-refractivity contribution in [3.63, 3.8) is 0 Å². The van der Waals surface area contributed by atoms with Crippen molar-refractivity contribution < 1.29 is 28.7 Å². The first-order valence-electron chi connectivity index (χ1n) is 14.6. The highest BCUT2D eigenvalue weighted by Crippen LogP contribution is 2.21. The number of benzene rings is 1. The number of alkyl carbamates (subject to hydrolysis) is 1. The van der Waals surface area contributed by atoms with Gasteiger partial charge in [0.25, 0.3) is 0 Å². The largest absolute Gasteiger partial charge is 0.467 e. The van der Waals surface area contributed by atoms with Crippen molar-refractivity contribution in [2.24, 2.45) is 7.05 Å². The molecule has 3 N–H and O–H groups in total. The molecule has 240 valence electrons. The van der Waals surface area contributed by atoms with Crippen LogP contribution >= 0.6 is 12.2 Å². The van der Waals surface area contributed by atoms with Crippen LogP contribution in [-0.2, 0) is 43.7 Å².